The Labute approximate surface area is 231 Å². The number of halogens is 4. The molecule has 0 saturated carbocycles. The number of alkyl halides is 3. The van der Waals surface area contributed by atoms with Crippen LogP contribution in [0.25, 0.3) is 0 Å². The van der Waals surface area contributed by atoms with Crippen molar-refractivity contribution in [2.75, 3.05) is 18.1 Å². The summed E-state index contributed by atoms with van der Waals surface area (Å²) in [5, 5.41) is 13.2. The molecular formula is C26H28BrF3N6O3. The lowest BCUT2D eigenvalue weighted by Crippen LogP contribution is -2.61. The van der Waals surface area contributed by atoms with E-state index < -0.39 is 29.4 Å². The summed E-state index contributed by atoms with van der Waals surface area (Å²) in [6, 6.07) is 10.8. The molecule has 3 heterocycles. The molecule has 3 aromatic rings. The van der Waals surface area contributed by atoms with Crippen LogP contribution in [0.5, 0.6) is 0 Å². The van der Waals surface area contributed by atoms with Crippen LogP contribution in [0.4, 0.5) is 23.7 Å². The number of ether oxygens (including phenoxy) is 2. The van der Waals surface area contributed by atoms with E-state index in [0.717, 1.165) is 22.2 Å². The lowest BCUT2D eigenvalue weighted by atomic mass is 9.80. The van der Waals surface area contributed by atoms with Gasteiger partial charge < -0.3 is 15.2 Å². The Balaban J connectivity index is 1.56. The summed E-state index contributed by atoms with van der Waals surface area (Å²) in [6.45, 7) is 4.10. The zero-order chi connectivity index (χ0) is 27.9. The fourth-order valence-corrected chi connectivity index (χ4v) is 5.52. The van der Waals surface area contributed by atoms with E-state index in [1.165, 1.54) is 15.8 Å². The molecule has 0 spiro atoms. The van der Waals surface area contributed by atoms with Crippen LogP contribution in [0.2, 0.25) is 0 Å². The van der Waals surface area contributed by atoms with Gasteiger partial charge in [-0.1, -0.05) is 35.0 Å². The van der Waals surface area contributed by atoms with Crippen LogP contribution in [-0.2, 0) is 22.1 Å². The van der Waals surface area contributed by atoms with E-state index in [1.54, 1.807) is 13.8 Å². The summed E-state index contributed by atoms with van der Waals surface area (Å²) in [5.41, 5.74) is 6.15. The first-order valence-corrected chi connectivity index (χ1v) is 13.5. The van der Waals surface area contributed by atoms with Gasteiger partial charge in [0.15, 0.2) is 5.82 Å². The molecule has 1 saturated heterocycles. The monoisotopic (exact) mass is 608 g/mol. The van der Waals surface area contributed by atoms with Crippen LogP contribution in [0, 0.1) is 0 Å². The molecule has 208 valence electrons. The highest BCUT2D eigenvalue weighted by molar-refractivity contribution is 9.10. The fourth-order valence-electron chi connectivity index (χ4n) is 5.07. The lowest BCUT2D eigenvalue weighted by Gasteiger charge is -2.46. The van der Waals surface area contributed by atoms with E-state index in [2.05, 4.69) is 31.3 Å². The Kier molecular flexibility index (Phi) is 7.42. The summed E-state index contributed by atoms with van der Waals surface area (Å²) in [5.74, 6) is -0.513. The molecule has 0 bridgehead atoms. The maximum atomic E-state index is 13.7. The number of amides is 1. The zero-order valence-electron chi connectivity index (χ0n) is 21.4. The smallest absolute Gasteiger partial charge is 0.416 e. The zero-order valence-corrected chi connectivity index (χ0v) is 22.9. The van der Waals surface area contributed by atoms with E-state index in [1.807, 2.05) is 24.3 Å². The van der Waals surface area contributed by atoms with Crippen molar-refractivity contribution in [3.05, 3.63) is 69.5 Å². The average molecular weight is 609 g/mol. The molecule has 9 nitrogen and oxygen atoms in total. The molecule has 2 unspecified atom stereocenters. The van der Waals surface area contributed by atoms with Crippen molar-refractivity contribution in [3.63, 3.8) is 0 Å². The molecule has 39 heavy (non-hydrogen) atoms. The van der Waals surface area contributed by atoms with Crippen molar-refractivity contribution in [2.45, 2.75) is 63.0 Å². The van der Waals surface area contributed by atoms with Gasteiger partial charge in [0.05, 0.1) is 30.4 Å². The number of tetrazole rings is 1. The highest BCUT2D eigenvalue weighted by Gasteiger charge is 2.48. The molecule has 2 aromatic carbocycles. The van der Waals surface area contributed by atoms with Crippen LogP contribution >= 0.6 is 15.9 Å². The second-order valence-corrected chi connectivity index (χ2v) is 10.7. The van der Waals surface area contributed by atoms with E-state index in [9.17, 15) is 18.0 Å². The average Bonchev–Trinajstić information content (AvgIpc) is 3.62. The number of hydrogen-bond donors (Lipinski definition) is 1. The van der Waals surface area contributed by atoms with E-state index in [-0.39, 0.29) is 42.2 Å². The predicted molar refractivity (Wildman–Crippen MR) is 139 cm³/mol. The SMILES string of the molecule is CCOC(=O)N1c2ccc(C(F)(F)F)cc2[C@@H](c2nnn(C(Cc3cccc(Br)c3)C3CO3)n2)C[C@@]1(N)CC. The van der Waals surface area contributed by atoms with Gasteiger partial charge in [0, 0.05) is 4.47 Å². The first-order valence-electron chi connectivity index (χ1n) is 12.7. The molecule has 0 radical (unpaired) electrons. The molecule has 2 N–H and O–H groups in total. The fraction of sp³-hybridized carbons (Fsp3) is 0.462. The topological polar surface area (TPSA) is 112 Å². The molecule has 13 heteroatoms. The molecule has 1 amide bonds. The van der Waals surface area contributed by atoms with Gasteiger partial charge in [-0.25, -0.2) is 4.79 Å². The Hall–Kier alpha value is -3.03. The standard InChI is InChI=1S/C26H28BrF3N6O3/c1-3-25(31)13-19(18-12-16(26(28,29)30)8-9-20(18)35(25)24(37)38-4-2)23-32-34-36(33-23)21(22-14-39-22)11-15-6-5-7-17(27)10-15/h5-10,12,19,21-22H,3-4,11,13-14,31H2,1-2H3/t19-,21?,22?,25+/m0/s1. The molecule has 1 aromatic heterocycles. The second-order valence-electron chi connectivity index (χ2n) is 9.76. The number of hydrogen-bond acceptors (Lipinski definition) is 7. The molecule has 1 fully saturated rings. The van der Waals surface area contributed by atoms with Gasteiger partial charge in [0.2, 0.25) is 0 Å². The Morgan fingerprint density at radius 1 is 1.28 bits per heavy atom. The van der Waals surface area contributed by atoms with E-state index >= 15 is 0 Å². The van der Waals surface area contributed by atoms with Gasteiger partial charge in [-0.2, -0.15) is 18.0 Å². The highest BCUT2D eigenvalue weighted by Crippen LogP contribution is 2.47. The number of nitrogens with zero attached hydrogens (tertiary/aromatic N) is 5. The van der Waals surface area contributed by atoms with Crippen LogP contribution in [0.1, 0.15) is 61.2 Å². The molecular weight excluding hydrogens is 581 g/mol. The summed E-state index contributed by atoms with van der Waals surface area (Å²) in [7, 11) is 0. The van der Waals surface area contributed by atoms with Crippen molar-refractivity contribution in [1.29, 1.82) is 0 Å². The van der Waals surface area contributed by atoms with Crippen molar-refractivity contribution in [1.82, 2.24) is 20.2 Å². The summed E-state index contributed by atoms with van der Waals surface area (Å²) in [4.78, 5) is 15.7. The van der Waals surface area contributed by atoms with E-state index in [0.29, 0.717) is 19.4 Å². The van der Waals surface area contributed by atoms with Gasteiger partial charge in [-0.15, -0.1) is 10.2 Å². The first kappa shape index (κ1) is 27.5. The van der Waals surface area contributed by atoms with Crippen molar-refractivity contribution in [2.24, 2.45) is 5.73 Å². The summed E-state index contributed by atoms with van der Waals surface area (Å²) in [6.07, 6.45) is -4.44. The minimum Gasteiger partial charge on any atom is -0.449 e. The van der Waals surface area contributed by atoms with E-state index in [4.69, 9.17) is 15.2 Å². The van der Waals surface area contributed by atoms with Gasteiger partial charge in [-0.3, -0.25) is 4.90 Å². The minimum atomic E-state index is -4.58. The van der Waals surface area contributed by atoms with Gasteiger partial charge in [0.25, 0.3) is 0 Å². The quantitative estimate of drug-likeness (QED) is 0.367. The van der Waals surface area contributed by atoms with Crippen molar-refractivity contribution >= 4 is 27.7 Å². The molecule has 4 atom stereocenters. The number of aromatic nitrogens is 4. The first-order chi connectivity index (χ1) is 18.5. The number of fused-ring (bicyclic) bond motifs is 1. The minimum absolute atomic E-state index is 0.0819. The number of benzene rings is 2. The third-order valence-corrected chi connectivity index (χ3v) is 7.70. The largest absolute Gasteiger partial charge is 0.449 e. The van der Waals surface area contributed by atoms with Crippen LogP contribution < -0.4 is 10.6 Å². The summed E-state index contributed by atoms with van der Waals surface area (Å²) >= 11 is 3.48. The molecule has 5 rings (SSSR count). The third kappa shape index (κ3) is 5.52. The Morgan fingerprint density at radius 2 is 2.05 bits per heavy atom. The Bertz CT molecular complexity index is 1360. The number of epoxide rings is 1. The number of carbonyl (C=O) groups excluding carboxylic acids is 1. The molecule has 0 aliphatic carbocycles. The second kappa shape index (κ2) is 10.5. The maximum Gasteiger partial charge on any atom is 0.416 e. The normalized spacial score (nSPS) is 23.3. The molecule has 2 aliphatic rings. The predicted octanol–water partition coefficient (Wildman–Crippen LogP) is 5.20. The Morgan fingerprint density at radius 3 is 2.69 bits per heavy atom. The van der Waals surface area contributed by atoms with Gasteiger partial charge in [0.1, 0.15) is 17.8 Å². The number of nitrogens with two attached hydrogens (primary N) is 1. The van der Waals surface area contributed by atoms with Crippen molar-refractivity contribution < 1.29 is 27.4 Å². The van der Waals surface area contributed by atoms with Gasteiger partial charge >= 0.3 is 12.3 Å². The van der Waals surface area contributed by atoms with Crippen LogP contribution in [0.15, 0.2) is 46.9 Å². The third-order valence-electron chi connectivity index (χ3n) is 7.21. The van der Waals surface area contributed by atoms with Crippen LogP contribution in [0.3, 0.4) is 0 Å². The number of anilines is 1. The summed E-state index contributed by atoms with van der Waals surface area (Å²) < 4.78 is 52.9. The highest BCUT2D eigenvalue weighted by atomic mass is 79.9. The lowest BCUT2D eigenvalue weighted by molar-refractivity contribution is -0.137. The number of carbonyl (C=O) groups is 1. The van der Waals surface area contributed by atoms with Crippen LogP contribution in [-0.4, -0.2) is 51.3 Å². The maximum absolute atomic E-state index is 13.7. The molecule has 2 aliphatic heterocycles. The van der Waals surface area contributed by atoms with Crippen molar-refractivity contribution in [3.8, 4) is 0 Å². The number of rotatable bonds is 7. The van der Waals surface area contributed by atoms with Gasteiger partial charge in [-0.05, 0) is 72.9 Å².